The summed E-state index contributed by atoms with van der Waals surface area (Å²) in [6.07, 6.45) is 3.73. The molecule has 5 nitrogen and oxygen atoms in total. The van der Waals surface area contributed by atoms with Gasteiger partial charge in [-0.1, -0.05) is 6.07 Å². The first-order valence-corrected chi connectivity index (χ1v) is 6.11. The van der Waals surface area contributed by atoms with Crippen LogP contribution in [0.1, 0.15) is 13.8 Å². The molecule has 0 bridgehead atoms. The number of hydrogen-bond donors (Lipinski definition) is 1. The number of nitrogens with one attached hydrogen (secondary N) is 1. The maximum absolute atomic E-state index is 5.37. The van der Waals surface area contributed by atoms with E-state index in [-0.39, 0.29) is 6.04 Å². The van der Waals surface area contributed by atoms with Gasteiger partial charge in [-0.3, -0.25) is 4.68 Å². The van der Waals surface area contributed by atoms with Crippen LogP contribution in [0.25, 0.3) is 0 Å². The van der Waals surface area contributed by atoms with E-state index in [1.54, 1.807) is 6.20 Å². The molecule has 96 valence electrons. The lowest BCUT2D eigenvalue weighted by molar-refractivity contribution is 0.327. The zero-order valence-corrected chi connectivity index (χ0v) is 10.7. The van der Waals surface area contributed by atoms with Gasteiger partial charge in [0.2, 0.25) is 5.88 Å². The third kappa shape index (κ3) is 3.48. The van der Waals surface area contributed by atoms with Crippen LogP contribution in [0.5, 0.6) is 5.88 Å². The summed E-state index contributed by atoms with van der Waals surface area (Å²) in [5.41, 5.74) is 0. The van der Waals surface area contributed by atoms with Crippen molar-refractivity contribution < 1.29 is 4.74 Å². The Balaban J connectivity index is 1.93. The third-order valence-electron chi connectivity index (χ3n) is 2.43. The van der Waals surface area contributed by atoms with Crippen LogP contribution in [0.4, 0.5) is 5.82 Å². The van der Waals surface area contributed by atoms with Crippen LogP contribution < -0.4 is 10.1 Å². The molecule has 18 heavy (non-hydrogen) atoms. The molecule has 2 aromatic heterocycles. The molecule has 1 atom stereocenters. The highest BCUT2D eigenvalue weighted by molar-refractivity contribution is 5.37. The van der Waals surface area contributed by atoms with Crippen molar-refractivity contribution in [2.75, 3.05) is 11.9 Å². The summed E-state index contributed by atoms with van der Waals surface area (Å²) in [6, 6.07) is 7.88. The minimum Gasteiger partial charge on any atom is -0.478 e. The second-order valence-electron chi connectivity index (χ2n) is 4.07. The molecule has 0 amide bonds. The Bertz CT molecular complexity index is 470. The SMILES string of the molecule is CCOc1cccc(NC(C)Cn2cccn2)n1. The van der Waals surface area contributed by atoms with Gasteiger partial charge >= 0.3 is 0 Å². The molecule has 0 aromatic carbocycles. The molecule has 0 aliphatic rings. The van der Waals surface area contributed by atoms with Crippen molar-refractivity contribution in [2.24, 2.45) is 0 Å². The number of hydrogen-bond acceptors (Lipinski definition) is 4. The highest BCUT2D eigenvalue weighted by Crippen LogP contribution is 2.12. The van der Waals surface area contributed by atoms with Crippen molar-refractivity contribution in [2.45, 2.75) is 26.4 Å². The number of ether oxygens (including phenoxy) is 1. The maximum atomic E-state index is 5.37. The van der Waals surface area contributed by atoms with Crippen LogP contribution in [0.3, 0.4) is 0 Å². The maximum Gasteiger partial charge on any atom is 0.215 e. The van der Waals surface area contributed by atoms with Gasteiger partial charge in [-0.2, -0.15) is 10.1 Å². The van der Waals surface area contributed by atoms with Crippen LogP contribution in [0.15, 0.2) is 36.7 Å². The number of nitrogens with zero attached hydrogens (tertiary/aromatic N) is 3. The normalized spacial score (nSPS) is 12.1. The van der Waals surface area contributed by atoms with E-state index in [2.05, 4.69) is 22.3 Å². The van der Waals surface area contributed by atoms with Gasteiger partial charge in [0, 0.05) is 24.5 Å². The van der Waals surface area contributed by atoms with Crippen molar-refractivity contribution in [3.63, 3.8) is 0 Å². The van der Waals surface area contributed by atoms with Crippen LogP contribution in [-0.2, 0) is 6.54 Å². The number of pyridine rings is 1. The molecule has 0 aliphatic heterocycles. The smallest absolute Gasteiger partial charge is 0.215 e. The van der Waals surface area contributed by atoms with Crippen molar-refractivity contribution in [3.05, 3.63) is 36.7 Å². The first-order valence-electron chi connectivity index (χ1n) is 6.11. The quantitative estimate of drug-likeness (QED) is 0.848. The van der Waals surface area contributed by atoms with Gasteiger partial charge in [-0.25, -0.2) is 0 Å². The van der Waals surface area contributed by atoms with Crippen LogP contribution in [0, 0.1) is 0 Å². The first kappa shape index (κ1) is 12.4. The Kier molecular flexibility index (Phi) is 4.17. The zero-order valence-electron chi connectivity index (χ0n) is 10.7. The van der Waals surface area contributed by atoms with E-state index < -0.39 is 0 Å². The lowest BCUT2D eigenvalue weighted by atomic mass is 10.3. The second kappa shape index (κ2) is 6.05. The molecule has 0 aliphatic carbocycles. The Morgan fingerprint density at radius 3 is 3.00 bits per heavy atom. The molecule has 0 radical (unpaired) electrons. The van der Waals surface area contributed by atoms with Crippen molar-refractivity contribution >= 4 is 5.82 Å². The molecule has 5 heteroatoms. The fraction of sp³-hybridized carbons (Fsp3) is 0.385. The summed E-state index contributed by atoms with van der Waals surface area (Å²) in [5, 5.41) is 7.50. The highest BCUT2D eigenvalue weighted by Gasteiger charge is 2.05. The topological polar surface area (TPSA) is 52.0 Å². The molecular formula is C13H18N4O. The fourth-order valence-corrected chi connectivity index (χ4v) is 1.71. The van der Waals surface area contributed by atoms with Crippen LogP contribution >= 0.6 is 0 Å². The molecule has 1 N–H and O–H groups in total. The predicted octanol–water partition coefficient (Wildman–Crippen LogP) is 2.18. The van der Waals surface area contributed by atoms with E-state index in [0.29, 0.717) is 12.5 Å². The van der Waals surface area contributed by atoms with Crippen molar-refractivity contribution in [3.8, 4) is 5.88 Å². The third-order valence-corrected chi connectivity index (χ3v) is 2.43. The van der Waals surface area contributed by atoms with Gasteiger partial charge in [0.25, 0.3) is 0 Å². The van der Waals surface area contributed by atoms with E-state index in [0.717, 1.165) is 12.4 Å². The molecule has 2 aromatic rings. The number of rotatable bonds is 6. The Hall–Kier alpha value is -2.04. The van der Waals surface area contributed by atoms with E-state index in [1.807, 2.05) is 42.1 Å². The Labute approximate surface area is 107 Å². The highest BCUT2D eigenvalue weighted by atomic mass is 16.5. The van der Waals surface area contributed by atoms with Gasteiger partial charge in [0.05, 0.1) is 13.2 Å². The van der Waals surface area contributed by atoms with E-state index in [4.69, 9.17) is 4.74 Å². The fourth-order valence-electron chi connectivity index (χ4n) is 1.71. The van der Waals surface area contributed by atoms with Gasteiger partial charge in [0.1, 0.15) is 5.82 Å². The number of aromatic nitrogens is 3. The van der Waals surface area contributed by atoms with Crippen molar-refractivity contribution in [1.82, 2.24) is 14.8 Å². The summed E-state index contributed by atoms with van der Waals surface area (Å²) in [6.45, 7) is 5.46. The minimum atomic E-state index is 0.245. The van der Waals surface area contributed by atoms with Gasteiger partial charge in [0.15, 0.2) is 0 Å². The average Bonchev–Trinajstić information content (AvgIpc) is 2.82. The molecular weight excluding hydrogens is 228 g/mol. The van der Waals surface area contributed by atoms with Gasteiger partial charge in [-0.15, -0.1) is 0 Å². The standard InChI is InChI=1S/C13H18N4O/c1-3-18-13-7-4-6-12(16-13)15-11(2)10-17-9-5-8-14-17/h4-9,11H,3,10H2,1-2H3,(H,15,16). The van der Waals surface area contributed by atoms with E-state index in [1.165, 1.54) is 0 Å². The Morgan fingerprint density at radius 2 is 2.28 bits per heavy atom. The molecule has 0 fully saturated rings. The van der Waals surface area contributed by atoms with Crippen LogP contribution in [0.2, 0.25) is 0 Å². The average molecular weight is 246 g/mol. The largest absolute Gasteiger partial charge is 0.478 e. The summed E-state index contributed by atoms with van der Waals surface area (Å²) >= 11 is 0. The monoisotopic (exact) mass is 246 g/mol. The summed E-state index contributed by atoms with van der Waals surface area (Å²) in [5.74, 6) is 1.47. The zero-order chi connectivity index (χ0) is 12.8. The van der Waals surface area contributed by atoms with Gasteiger partial charge in [-0.05, 0) is 26.0 Å². The summed E-state index contributed by atoms with van der Waals surface area (Å²) in [4.78, 5) is 4.37. The lowest BCUT2D eigenvalue weighted by Gasteiger charge is -2.15. The first-order chi connectivity index (χ1) is 8.78. The molecule has 0 saturated heterocycles. The summed E-state index contributed by atoms with van der Waals surface area (Å²) < 4.78 is 7.26. The lowest BCUT2D eigenvalue weighted by Crippen LogP contribution is -2.22. The molecule has 2 rings (SSSR count). The predicted molar refractivity (Wildman–Crippen MR) is 70.7 cm³/mol. The molecule has 0 spiro atoms. The minimum absolute atomic E-state index is 0.245. The van der Waals surface area contributed by atoms with E-state index >= 15 is 0 Å². The van der Waals surface area contributed by atoms with Gasteiger partial charge < -0.3 is 10.1 Å². The number of anilines is 1. The van der Waals surface area contributed by atoms with Crippen LogP contribution in [-0.4, -0.2) is 27.4 Å². The summed E-state index contributed by atoms with van der Waals surface area (Å²) in [7, 11) is 0. The second-order valence-corrected chi connectivity index (χ2v) is 4.07. The molecule has 2 heterocycles. The van der Waals surface area contributed by atoms with E-state index in [9.17, 15) is 0 Å². The molecule has 0 saturated carbocycles. The van der Waals surface area contributed by atoms with Crippen molar-refractivity contribution in [1.29, 1.82) is 0 Å². The Morgan fingerprint density at radius 1 is 1.39 bits per heavy atom. The molecule has 1 unspecified atom stereocenters.